The summed E-state index contributed by atoms with van der Waals surface area (Å²) in [7, 11) is 0. The summed E-state index contributed by atoms with van der Waals surface area (Å²) in [4.78, 5) is 13.5. The van der Waals surface area contributed by atoms with Gasteiger partial charge in [-0.2, -0.15) is 0 Å². The van der Waals surface area contributed by atoms with E-state index in [9.17, 15) is 4.79 Å². The van der Waals surface area contributed by atoms with E-state index in [-0.39, 0.29) is 5.91 Å². The third kappa shape index (κ3) is 1.40. The van der Waals surface area contributed by atoms with Gasteiger partial charge in [0.1, 0.15) is 18.2 Å². The van der Waals surface area contributed by atoms with E-state index in [0.717, 1.165) is 17.9 Å². The van der Waals surface area contributed by atoms with Gasteiger partial charge in [-0.05, 0) is 18.8 Å². The van der Waals surface area contributed by atoms with Crippen LogP contribution >= 0.6 is 0 Å². The van der Waals surface area contributed by atoms with E-state index < -0.39 is 0 Å². The molecule has 1 saturated carbocycles. The highest BCUT2D eigenvalue weighted by Gasteiger charge is 2.34. The predicted molar refractivity (Wildman–Crippen MR) is 61.5 cm³/mol. The lowest BCUT2D eigenvalue weighted by molar-refractivity contribution is -0.116. The van der Waals surface area contributed by atoms with Crippen LogP contribution in [0.3, 0.4) is 0 Å². The first-order chi connectivity index (χ1) is 7.75. The van der Waals surface area contributed by atoms with Gasteiger partial charge in [0.25, 0.3) is 0 Å². The number of furan rings is 1. The quantitative estimate of drug-likeness (QED) is 0.729. The van der Waals surface area contributed by atoms with E-state index in [1.165, 1.54) is 19.3 Å². The second-order valence-electron chi connectivity index (χ2n) is 4.74. The van der Waals surface area contributed by atoms with E-state index in [4.69, 9.17) is 4.42 Å². The molecule has 0 radical (unpaired) electrons. The molecule has 1 aromatic rings. The second-order valence-corrected chi connectivity index (χ2v) is 4.74. The van der Waals surface area contributed by atoms with Crippen molar-refractivity contribution in [3.8, 4) is 0 Å². The SMILES string of the molecule is CC(=O)N1CC2CCCC2Nc2cocc21. The molecule has 2 atom stereocenters. The molecule has 4 nitrogen and oxygen atoms in total. The molecule has 0 spiro atoms. The number of fused-ring (bicyclic) bond motifs is 2. The fourth-order valence-electron chi connectivity index (χ4n) is 2.88. The summed E-state index contributed by atoms with van der Waals surface area (Å²) >= 11 is 0. The Hall–Kier alpha value is -1.45. The highest BCUT2D eigenvalue weighted by molar-refractivity contribution is 5.95. The van der Waals surface area contributed by atoms with Crippen LogP contribution in [0.25, 0.3) is 0 Å². The number of anilines is 2. The molecule has 1 aliphatic heterocycles. The molecule has 1 fully saturated rings. The molecule has 1 aliphatic carbocycles. The van der Waals surface area contributed by atoms with E-state index in [2.05, 4.69) is 5.32 Å². The maximum atomic E-state index is 11.7. The maximum Gasteiger partial charge on any atom is 0.224 e. The highest BCUT2D eigenvalue weighted by Crippen LogP contribution is 2.38. The fraction of sp³-hybridized carbons (Fsp3) is 0.583. The minimum Gasteiger partial charge on any atom is -0.468 e. The second kappa shape index (κ2) is 3.54. The Morgan fingerprint density at radius 1 is 1.50 bits per heavy atom. The van der Waals surface area contributed by atoms with Gasteiger partial charge in [-0.1, -0.05) is 6.42 Å². The van der Waals surface area contributed by atoms with Gasteiger partial charge in [-0.3, -0.25) is 4.79 Å². The van der Waals surface area contributed by atoms with Crippen molar-refractivity contribution in [2.45, 2.75) is 32.2 Å². The number of hydrogen-bond donors (Lipinski definition) is 1. The average molecular weight is 220 g/mol. The Kier molecular flexibility index (Phi) is 2.16. The molecule has 1 N–H and O–H groups in total. The van der Waals surface area contributed by atoms with Crippen LogP contribution in [0.1, 0.15) is 26.2 Å². The van der Waals surface area contributed by atoms with Gasteiger partial charge in [-0.15, -0.1) is 0 Å². The van der Waals surface area contributed by atoms with Crippen LogP contribution in [0.5, 0.6) is 0 Å². The summed E-state index contributed by atoms with van der Waals surface area (Å²) in [5, 5.41) is 3.50. The number of carbonyl (C=O) groups is 1. The van der Waals surface area contributed by atoms with Gasteiger partial charge in [0.05, 0.1) is 5.69 Å². The Bertz CT molecular complexity index is 413. The molecule has 4 heteroatoms. The molecule has 0 bridgehead atoms. The summed E-state index contributed by atoms with van der Waals surface area (Å²) in [6, 6.07) is 0.501. The summed E-state index contributed by atoms with van der Waals surface area (Å²) in [5.74, 6) is 0.674. The number of nitrogens with zero attached hydrogens (tertiary/aromatic N) is 1. The molecule has 86 valence electrons. The zero-order valence-electron chi connectivity index (χ0n) is 9.40. The van der Waals surface area contributed by atoms with Gasteiger partial charge in [0.2, 0.25) is 5.91 Å². The van der Waals surface area contributed by atoms with Gasteiger partial charge >= 0.3 is 0 Å². The summed E-state index contributed by atoms with van der Waals surface area (Å²) in [6.45, 7) is 2.44. The van der Waals surface area contributed by atoms with Crippen molar-refractivity contribution in [3.63, 3.8) is 0 Å². The van der Waals surface area contributed by atoms with Crippen molar-refractivity contribution < 1.29 is 9.21 Å². The molecule has 3 rings (SSSR count). The third-order valence-corrected chi connectivity index (χ3v) is 3.73. The summed E-state index contributed by atoms with van der Waals surface area (Å²) in [6.07, 6.45) is 7.02. The number of carbonyl (C=O) groups excluding carboxylic acids is 1. The number of rotatable bonds is 0. The van der Waals surface area contributed by atoms with E-state index in [1.54, 1.807) is 19.5 Å². The van der Waals surface area contributed by atoms with Crippen molar-refractivity contribution in [2.75, 3.05) is 16.8 Å². The molecule has 0 saturated heterocycles. The van der Waals surface area contributed by atoms with E-state index in [1.807, 2.05) is 4.90 Å². The fourth-order valence-corrected chi connectivity index (χ4v) is 2.88. The van der Waals surface area contributed by atoms with Crippen LogP contribution < -0.4 is 10.2 Å². The van der Waals surface area contributed by atoms with Crippen molar-refractivity contribution in [3.05, 3.63) is 12.5 Å². The number of nitrogens with one attached hydrogen (secondary N) is 1. The lowest BCUT2D eigenvalue weighted by Crippen LogP contribution is -2.35. The van der Waals surface area contributed by atoms with Crippen LogP contribution in [0.4, 0.5) is 11.4 Å². The van der Waals surface area contributed by atoms with E-state index in [0.29, 0.717) is 12.0 Å². The maximum absolute atomic E-state index is 11.7. The highest BCUT2D eigenvalue weighted by atomic mass is 16.3. The topological polar surface area (TPSA) is 45.5 Å². The molecule has 16 heavy (non-hydrogen) atoms. The van der Waals surface area contributed by atoms with Gasteiger partial charge in [-0.25, -0.2) is 0 Å². The Labute approximate surface area is 94.6 Å². The van der Waals surface area contributed by atoms with Crippen molar-refractivity contribution in [1.82, 2.24) is 0 Å². The van der Waals surface area contributed by atoms with Gasteiger partial charge in [0, 0.05) is 19.5 Å². The Morgan fingerprint density at radius 3 is 3.19 bits per heavy atom. The number of hydrogen-bond acceptors (Lipinski definition) is 3. The van der Waals surface area contributed by atoms with Crippen molar-refractivity contribution in [2.24, 2.45) is 5.92 Å². The predicted octanol–water partition coefficient (Wildman–Crippen LogP) is 2.23. The Morgan fingerprint density at radius 2 is 2.38 bits per heavy atom. The molecular formula is C12H16N2O2. The summed E-state index contributed by atoms with van der Waals surface area (Å²) in [5.41, 5.74) is 1.85. The lowest BCUT2D eigenvalue weighted by Gasteiger charge is -2.22. The summed E-state index contributed by atoms with van der Waals surface area (Å²) < 4.78 is 5.20. The zero-order valence-corrected chi connectivity index (χ0v) is 9.40. The standard InChI is InChI=1S/C12H16N2O2/c1-8(15)14-5-9-3-2-4-10(9)13-11-6-16-7-12(11)14/h6-7,9-10,13H,2-5H2,1H3. The molecule has 1 aromatic heterocycles. The van der Waals surface area contributed by atoms with Crippen molar-refractivity contribution in [1.29, 1.82) is 0 Å². The largest absolute Gasteiger partial charge is 0.468 e. The minimum atomic E-state index is 0.0944. The molecule has 0 aromatic carbocycles. The van der Waals surface area contributed by atoms with Crippen LogP contribution in [-0.4, -0.2) is 18.5 Å². The van der Waals surface area contributed by atoms with Crippen LogP contribution in [0.15, 0.2) is 16.9 Å². The monoisotopic (exact) mass is 220 g/mol. The smallest absolute Gasteiger partial charge is 0.224 e. The Balaban J connectivity index is 1.99. The first-order valence-electron chi connectivity index (χ1n) is 5.86. The van der Waals surface area contributed by atoms with Crippen LogP contribution in [-0.2, 0) is 4.79 Å². The minimum absolute atomic E-state index is 0.0944. The van der Waals surface area contributed by atoms with Crippen LogP contribution in [0.2, 0.25) is 0 Å². The first-order valence-corrected chi connectivity index (χ1v) is 5.86. The molecule has 2 unspecified atom stereocenters. The molecular weight excluding hydrogens is 204 g/mol. The van der Waals surface area contributed by atoms with Gasteiger partial charge in [0.15, 0.2) is 0 Å². The third-order valence-electron chi connectivity index (χ3n) is 3.73. The van der Waals surface area contributed by atoms with Crippen molar-refractivity contribution >= 4 is 17.3 Å². The zero-order chi connectivity index (χ0) is 11.1. The van der Waals surface area contributed by atoms with Gasteiger partial charge < -0.3 is 14.6 Å². The average Bonchev–Trinajstić information content (AvgIpc) is 2.83. The van der Waals surface area contributed by atoms with E-state index >= 15 is 0 Å². The van der Waals surface area contributed by atoms with Crippen LogP contribution in [0, 0.1) is 5.92 Å². The first kappa shape index (κ1) is 9.75. The molecule has 2 aliphatic rings. The lowest BCUT2D eigenvalue weighted by atomic mass is 10.0. The molecule has 1 amide bonds. The number of amides is 1. The molecule has 2 heterocycles. The normalized spacial score (nSPS) is 27.9.